The molecular weight excluding hydrogens is 332 g/mol. The highest BCUT2D eigenvalue weighted by Gasteiger charge is 2.32. The molecule has 2 aliphatic rings. The molecule has 2 heterocycles. The maximum Gasteiger partial charge on any atom is 0.239 e. The molecule has 0 bridgehead atoms. The second-order valence-electron chi connectivity index (χ2n) is 7.03. The number of para-hydroxylation sites is 2. The highest BCUT2D eigenvalue weighted by molar-refractivity contribution is 5.96. The van der Waals surface area contributed by atoms with Gasteiger partial charge in [-0.2, -0.15) is 0 Å². The average molecular weight is 360 g/mol. The van der Waals surface area contributed by atoms with Crippen LogP contribution in [0.1, 0.15) is 12.8 Å². The Morgan fingerprint density at radius 2 is 1.92 bits per heavy atom. The first-order valence-electron chi connectivity index (χ1n) is 9.23. The third-order valence-electron chi connectivity index (χ3n) is 4.97. The van der Waals surface area contributed by atoms with Crippen LogP contribution in [-0.2, 0) is 14.3 Å². The van der Waals surface area contributed by atoms with Crippen molar-refractivity contribution in [2.75, 3.05) is 63.7 Å². The van der Waals surface area contributed by atoms with Crippen molar-refractivity contribution in [3.63, 3.8) is 0 Å². The maximum absolute atomic E-state index is 12.6. The number of morpholine rings is 1. The van der Waals surface area contributed by atoms with Gasteiger partial charge in [-0.25, -0.2) is 0 Å². The average Bonchev–Trinajstić information content (AvgIpc) is 3.10. The predicted molar refractivity (Wildman–Crippen MR) is 101 cm³/mol. The molecule has 0 spiro atoms. The van der Waals surface area contributed by atoms with Gasteiger partial charge in [-0.05, 0) is 31.5 Å². The van der Waals surface area contributed by atoms with Crippen molar-refractivity contribution in [2.45, 2.75) is 18.9 Å². The van der Waals surface area contributed by atoms with E-state index in [1.807, 2.05) is 29.2 Å². The van der Waals surface area contributed by atoms with Crippen LogP contribution in [0.25, 0.3) is 0 Å². The van der Waals surface area contributed by atoms with Crippen molar-refractivity contribution in [1.82, 2.24) is 9.80 Å². The zero-order chi connectivity index (χ0) is 18.5. The number of rotatable bonds is 5. The van der Waals surface area contributed by atoms with Crippen LogP contribution in [0.3, 0.4) is 0 Å². The number of amides is 2. The van der Waals surface area contributed by atoms with E-state index in [1.54, 1.807) is 19.0 Å². The minimum absolute atomic E-state index is 0.0732. The van der Waals surface area contributed by atoms with Crippen LogP contribution in [0.4, 0.5) is 11.4 Å². The lowest BCUT2D eigenvalue weighted by atomic mass is 10.2. The minimum Gasteiger partial charge on any atom is -0.378 e. The SMILES string of the molecule is CN(C)C(=O)C1CCCN1CC(=O)Nc1ccccc1N1CCOCC1. The van der Waals surface area contributed by atoms with E-state index in [-0.39, 0.29) is 24.4 Å². The van der Waals surface area contributed by atoms with E-state index in [0.29, 0.717) is 13.2 Å². The lowest BCUT2D eigenvalue weighted by Crippen LogP contribution is -2.45. The molecule has 0 aliphatic carbocycles. The highest BCUT2D eigenvalue weighted by Crippen LogP contribution is 2.26. The second kappa shape index (κ2) is 8.51. The van der Waals surface area contributed by atoms with Gasteiger partial charge in [0.2, 0.25) is 11.8 Å². The molecule has 1 aromatic rings. The van der Waals surface area contributed by atoms with Gasteiger partial charge >= 0.3 is 0 Å². The predicted octanol–water partition coefficient (Wildman–Crippen LogP) is 1.01. The number of nitrogens with zero attached hydrogens (tertiary/aromatic N) is 3. The summed E-state index contributed by atoms with van der Waals surface area (Å²) in [7, 11) is 3.52. The Morgan fingerprint density at radius 3 is 2.65 bits per heavy atom. The van der Waals surface area contributed by atoms with E-state index in [9.17, 15) is 9.59 Å². The fraction of sp³-hybridized carbons (Fsp3) is 0.579. The molecule has 1 aromatic carbocycles. The molecular formula is C19H28N4O3. The summed E-state index contributed by atoms with van der Waals surface area (Å²) in [5.74, 6) is -0.00631. The van der Waals surface area contributed by atoms with Crippen molar-refractivity contribution >= 4 is 23.2 Å². The number of hydrogen-bond donors (Lipinski definition) is 1. The molecule has 0 aromatic heterocycles. The molecule has 26 heavy (non-hydrogen) atoms. The number of carbonyl (C=O) groups is 2. The van der Waals surface area contributed by atoms with Gasteiger partial charge in [0, 0.05) is 27.2 Å². The van der Waals surface area contributed by atoms with Gasteiger partial charge in [-0.3, -0.25) is 14.5 Å². The molecule has 1 N–H and O–H groups in total. The van der Waals surface area contributed by atoms with E-state index in [2.05, 4.69) is 10.2 Å². The summed E-state index contributed by atoms with van der Waals surface area (Å²) in [4.78, 5) is 30.7. The van der Waals surface area contributed by atoms with Crippen molar-refractivity contribution in [3.8, 4) is 0 Å². The van der Waals surface area contributed by atoms with Crippen molar-refractivity contribution in [1.29, 1.82) is 0 Å². The Labute approximate surface area is 154 Å². The molecule has 2 fully saturated rings. The first-order chi connectivity index (χ1) is 12.6. The molecule has 0 saturated carbocycles. The van der Waals surface area contributed by atoms with Gasteiger partial charge in [-0.15, -0.1) is 0 Å². The van der Waals surface area contributed by atoms with E-state index >= 15 is 0 Å². The number of anilines is 2. The smallest absolute Gasteiger partial charge is 0.239 e. The fourth-order valence-corrected chi connectivity index (χ4v) is 3.63. The van der Waals surface area contributed by atoms with E-state index in [1.165, 1.54) is 0 Å². The largest absolute Gasteiger partial charge is 0.378 e. The number of benzene rings is 1. The molecule has 1 atom stereocenters. The van der Waals surface area contributed by atoms with Crippen LogP contribution in [0.2, 0.25) is 0 Å². The van der Waals surface area contributed by atoms with Crippen LogP contribution >= 0.6 is 0 Å². The lowest BCUT2D eigenvalue weighted by molar-refractivity contribution is -0.133. The molecule has 0 radical (unpaired) electrons. The highest BCUT2D eigenvalue weighted by atomic mass is 16.5. The Hall–Kier alpha value is -2.12. The summed E-state index contributed by atoms with van der Waals surface area (Å²) in [6.07, 6.45) is 1.76. The quantitative estimate of drug-likeness (QED) is 0.849. The Kier molecular flexibility index (Phi) is 6.11. The number of likely N-dealkylation sites (N-methyl/N-ethyl adjacent to an activating group) is 1. The first-order valence-corrected chi connectivity index (χ1v) is 9.23. The van der Waals surface area contributed by atoms with Gasteiger partial charge in [0.15, 0.2) is 0 Å². The van der Waals surface area contributed by atoms with E-state index in [0.717, 1.165) is 43.9 Å². The van der Waals surface area contributed by atoms with E-state index < -0.39 is 0 Å². The summed E-state index contributed by atoms with van der Waals surface area (Å²) in [6.45, 7) is 4.05. The maximum atomic E-state index is 12.6. The van der Waals surface area contributed by atoms with Crippen molar-refractivity contribution < 1.29 is 14.3 Å². The zero-order valence-corrected chi connectivity index (χ0v) is 15.6. The summed E-state index contributed by atoms with van der Waals surface area (Å²) in [5, 5.41) is 3.04. The van der Waals surface area contributed by atoms with Gasteiger partial charge in [-0.1, -0.05) is 12.1 Å². The number of hydrogen-bond acceptors (Lipinski definition) is 5. The standard InChI is InChI=1S/C19H28N4O3/c1-21(2)19(25)17-8-5-9-23(17)14-18(24)20-15-6-3-4-7-16(15)22-10-12-26-13-11-22/h3-4,6-7,17H,5,8-14H2,1-2H3,(H,20,24). The van der Waals surface area contributed by atoms with E-state index in [4.69, 9.17) is 4.74 Å². The Balaban J connectivity index is 1.64. The van der Waals surface area contributed by atoms with Gasteiger partial charge < -0.3 is 19.9 Å². The second-order valence-corrected chi connectivity index (χ2v) is 7.03. The molecule has 2 saturated heterocycles. The van der Waals surface area contributed by atoms with Crippen molar-refractivity contribution in [3.05, 3.63) is 24.3 Å². The fourth-order valence-electron chi connectivity index (χ4n) is 3.63. The lowest BCUT2D eigenvalue weighted by Gasteiger charge is -2.31. The molecule has 142 valence electrons. The Morgan fingerprint density at radius 1 is 1.19 bits per heavy atom. The van der Waals surface area contributed by atoms with Crippen LogP contribution in [0.15, 0.2) is 24.3 Å². The molecule has 2 aliphatic heterocycles. The molecule has 3 rings (SSSR count). The third kappa shape index (κ3) is 4.34. The first kappa shape index (κ1) is 18.7. The Bertz CT molecular complexity index is 643. The molecule has 7 nitrogen and oxygen atoms in total. The topological polar surface area (TPSA) is 65.1 Å². The zero-order valence-electron chi connectivity index (χ0n) is 15.6. The summed E-state index contributed by atoms with van der Waals surface area (Å²) < 4.78 is 5.41. The van der Waals surface area contributed by atoms with Crippen molar-refractivity contribution in [2.24, 2.45) is 0 Å². The third-order valence-corrected chi connectivity index (χ3v) is 4.97. The van der Waals surface area contributed by atoms with Crippen LogP contribution in [0.5, 0.6) is 0 Å². The summed E-state index contributed by atoms with van der Waals surface area (Å²) >= 11 is 0. The number of ether oxygens (including phenoxy) is 1. The number of likely N-dealkylation sites (tertiary alicyclic amines) is 1. The normalized spacial score (nSPS) is 20.8. The van der Waals surface area contributed by atoms with Gasteiger partial charge in [0.05, 0.1) is 37.2 Å². The molecule has 2 amide bonds. The van der Waals surface area contributed by atoms with Crippen LogP contribution in [0, 0.1) is 0 Å². The monoisotopic (exact) mass is 360 g/mol. The molecule has 7 heteroatoms. The van der Waals surface area contributed by atoms with Crippen LogP contribution < -0.4 is 10.2 Å². The van der Waals surface area contributed by atoms with Crippen LogP contribution in [-0.4, -0.2) is 81.1 Å². The summed E-state index contributed by atoms with van der Waals surface area (Å²) in [5.41, 5.74) is 1.83. The molecule has 1 unspecified atom stereocenters. The number of nitrogens with one attached hydrogen (secondary N) is 1. The van der Waals surface area contributed by atoms with Gasteiger partial charge in [0.25, 0.3) is 0 Å². The summed E-state index contributed by atoms with van der Waals surface area (Å²) in [6, 6.07) is 7.66. The number of carbonyl (C=O) groups excluding carboxylic acids is 2. The minimum atomic E-state index is -0.190. The van der Waals surface area contributed by atoms with Gasteiger partial charge in [0.1, 0.15) is 0 Å².